The van der Waals surface area contributed by atoms with Crippen LogP contribution < -0.4 is 15.6 Å². The molecule has 166 valence electrons. The molecule has 6 heteroatoms. The third-order valence-corrected chi connectivity index (χ3v) is 5.90. The Morgan fingerprint density at radius 1 is 1.03 bits per heavy atom. The second-order valence-electron chi connectivity index (χ2n) is 7.97. The molecular formula is C26H29N3O3. The molecule has 1 heterocycles. The number of anilines is 1. The number of hydrogen-bond donors (Lipinski definition) is 1. The predicted octanol–water partition coefficient (Wildman–Crippen LogP) is 4.78. The highest BCUT2D eigenvalue weighted by Crippen LogP contribution is 2.29. The summed E-state index contributed by atoms with van der Waals surface area (Å²) in [5.74, 6) is 0.331. The molecule has 1 N–H and O–H groups in total. The molecule has 0 bridgehead atoms. The van der Waals surface area contributed by atoms with Crippen molar-refractivity contribution in [2.75, 3.05) is 11.9 Å². The lowest BCUT2D eigenvalue weighted by Gasteiger charge is -2.24. The van der Waals surface area contributed by atoms with Crippen molar-refractivity contribution in [2.45, 2.75) is 52.0 Å². The van der Waals surface area contributed by atoms with Gasteiger partial charge in [-0.05, 0) is 56.7 Å². The van der Waals surface area contributed by atoms with Gasteiger partial charge in [-0.3, -0.25) is 9.59 Å². The normalized spacial score (nSPS) is 13.8. The van der Waals surface area contributed by atoms with Crippen molar-refractivity contribution in [1.82, 2.24) is 9.78 Å². The third-order valence-electron chi connectivity index (χ3n) is 5.90. The van der Waals surface area contributed by atoms with Crippen LogP contribution in [0.2, 0.25) is 0 Å². The maximum atomic E-state index is 13.4. The fourth-order valence-electron chi connectivity index (χ4n) is 4.33. The molecule has 1 aliphatic rings. The van der Waals surface area contributed by atoms with Gasteiger partial charge in [-0.15, -0.1) is 0 Å². The maximum Gasteiger partial charge on any atom is 0.271 e. The summed E-state index contributed by atoms with van der Waals surface area (Å²) in [7, 11) is 0. The Hall–Kier alpha value is -3.41. The zero-order valence-electron chi connectivity index (χ0n) is 18.6. The lowest BCUT2D eigenvalue weighted by atomic mass is 9.89. The number of ether oxygens (including phenoxy) is 1. The lowest BCUT2D eigenvalue weighted by molar-refractivity contribution is -0.119. The molecule has 0 saturated heterocycles. The van der Waals surface area contributed by atoms with Gasteiger partial charge in [0.25, 0.3) is 5.56 Å². The highest BCUT2D eigenvalue weighted by molar-refractivity contribution is 5.95. The van der Waals surface area contributed by atoms with Crippen molar-refractivity contribution >= 4 is 11.6 Å². The second-order valence-corrected chi connectivity index (χ2v) is 7.97. The van der Waals surface area contributed by atoms with Gasteiger partial charge in [-0.25, -0.2) is 4.68 Å². The van der Waals surface area contributed by atoms with Crippen LogP contribution in [0.1, 0.15) is 50.3 Å². The standard InChI is InChI=1S/C26H29N3O3/c1-3-22(25(30)27-21-16-10-11-17-23(21)32-4-2)29-26(31)20-15-9-8-14-19(20)24(28-29)18-12-6-5-7-13-18/h5-7,10-13,16-17,22H,3-4,8-9,14-15H2,1-2H3,(H,27,30)/t22-/m1/s1. The van der Waals surface area contributed by atoms with Crippen LogP contribution in [0.3, 0.4) is 0 Å². The molecule has 0 aliphatic heterocycles. The van der Waals surface area contributed by atoms with E-state index < -0.39 is 6.04 Å². The fourth-order valence-corrected chi connectivity index (χ4v) is 4.33. The highest BCUT2D eigenvalue weighted by Gasteiger charge is 2.27. The summed E-state index contributed by atoms with van der Waals surface area (Å²) in [4.78, 5) is 26.7. The van der Waals surface area contributed by atoms with E-state index in [0.717, 1.165) is 48.1 Å². The van der Waals surface area contributed by atoms with Gasteiger partial charge in [0.15, 0.2) is 0 Å². The van der Waals surface area contributed by atoms with Crippen LogP contribution >= 0.6 is 0 Å². The number of aromatic nitrogens is 2. The molecule has 0 radical (unpaired) electrons. The maximum absolute atomic E-state index is 13.4. The number of hydrogen-bond acceptors (Lipinski definition) is 4. The van der Waals surface area contributed by atoms with Crippen LogP contribution in [0.25, 0.3) is 11.3 Å². The zero-order valence-corrected chi connectivity index (χ0v) is 18.6. The van der Waals surface area contributed by atoms with Gasteiger partial charge >= 0.3 is 0 Å². The largest absolute Gasteiger partial charge is 0.492 e. The van der Waals surface area contributed by atoms with Crippen molar-refractivity contribution in [3.8, 4) is 17.0 Å². The summed E-state index contributed by atoms with van der Waals surface area (Å²) in [5.41, 5.74) is 4.04. The monoisotopic (exact) mass is 431 g/mol. The van der Waals surface area contributed by atoms with Crippen molar-refractivity contribution < 1.29 is 9.53 Å². The molecule has 1 aromatic heterocycles. The van der Waals surface area contributed by atoms with E-state index in [9.17, 15) is 9.59 Å². The van der Waals surface area contributed by atoms with Gasteiger partial charge in [0.2, 0.25) is 5.91 Å². The summed E-state index contributed by atoms with van der Waals surface area (Å²) in [5, 5.41) is 7.71. The first-order chi connectivity index (χ1) is 15.6. The Bertz CT molecular complexity index is 1150. The van der Waals surface area contributed by atoms with Gasteiger partial charge < -0.3 is 10.1 Å². The average Bonchev–Trinajstić information content (AvgIpc) is 2.83. The van der Waals surface area contributed by atoms with Crippen LogP contribution in [0.15, 0.2) is 59.4 Å². The van der Waals surface area contributed by atoms with E-state index in [-0.39, 0.29) is 11.5 Å². The summed E-state index contributed by atoms with van der Waals surface area (Å²) >= 11 is 0. The molecule has 3 aromatic rings. The van der Waals surface area contributed by atoms with Crippen LogP contribution in [-0.2, 0) is 17.6 Å². The molecule has 32 heavy (non-hydrogen) atoms. The van der Waals surface area contributed by atoms with E-state index in [1.807, 2.05) is 62.4 Å². The van der Waals surface area contributed by atoms with E-state index in [1.165, 1.54) is 4.68 Å². The van der Waals surface area contributed by atoms with E-state index >= 15 is 0 Å². The van der Waals surface area contributed by atoms with Gasteiger partial charge in [-0.1, -0.05) is 49.4 Å². The second kappa shape index (κ2) is 9.81. The van der Waals surface area contributed by atoms with Gasteiger partial charge in [0.1, 0.15) is 11.8 Å². The van der Waals surface area contributed by atoms with Crippen LogP contribution in [-0.4, -0.2) is 22.3 Å². The lowest BCUT2D eigenvalue weighted by Crippen LogP contribution is -2.38. The van der Waals surface area contributed by atoms with Crippen molar-refractivity contribution in [3.05, 3.63) is 76.1 Å². The van der Waals surface area contributed by atoms with Gasteiger partial charge in [-0.2, -0.15) is 5.10 Å². The quantitative estimate of drug-likeness (QED) is 0.584. The molecular weight excluding hydrogens is 402 g/mol. The molecule has 0 saturated carbocycles. The number of carbonyl (C=O) groups is 1. The molecule has 6 nitrogen and oxygen atoms in total. The van der Waals surface area contributed by atoms with E-state index in [2.05, 4.69) is 5.32 Å². The molecule has 1 atom stereocenters. The van der Waals surface area contributed by atoms with Crippen LogP contribution in [0.4, 0.5) is 5.69 Å². The first-order valence-corrected chi connectivity index (χ1v) is 11.4. The van der Waals surface area contributed by atoms with E-state index in [1.54, 1.807) is 6.07 Å². The van der Waals surface area contributed by atoms with Crippen LogP contribution in [0.5, 0.6) is 5.75 Å². The Morgan fingerprint density at radius 2 is 1.72 bits per heavy atom. The van der Waals surface area contributed by atoms with Crippen LogP contribution in [0, 0.1) is 0 Å². The Labute approximate surface area is 188 Å². The minimum atomic E-state index is -0.716. The summed E-state index contributed by atoms with van der Waals surface area (Å²) in [6.07, 6.45) is 4.03. The molecule has 0 spiro atoms. The van der Waals surface area contributed by atoms with E-state index in [4.69, 9.17) is 9.84 Å². The Balaban J connectivity index is 1.76. The smallest absolute Gasteiger partial charge is 0.271 e. The summed E-state index contributed by atoms with van der Waals surface area (Å²) in [6, 6.07) is 16.5. The van der Waals surface area contributed by atoms with Crippen molar-refractivity contribution in [2.24, 2.45) is 0 Å². The Kier molecular flexibility index (Phi) is 6.69. The first kappa shape index (κ1) is 21.8. The molecule has 0 fully saturated rings. The number of para-hydroxylation sites is 2. The summed E-state index contributed by atoms with van der Waals surface area (Å²) < 4.78 is 7.03. The highest BCUT2D eigenvalue weighted by atomic mass is 16.5. The topological polar surface area (TPSA) is 73.2 Å². The average molecular weight is 432 g/mol. The minimum absolute atomic E-state index is 0.153. The molecule has 2 aromatic carbocycles. The number of nitrogens with one attached hydrogen (secondary N) is 1. The number of amides is 1. The molecule has 0 unspecified atom stereocenters. The number of carbonyl (C=O) groups excluding carboxylic acids is 1. The number of fused-ring (bicyclic) bond motifs is 1. The molecule has 1 aliphatic carbocycles. The number of benzene rings is 2. The van der Waals surface area contributed by atoms with Crippen molar-refractivity contribution in [3.63, 3.8) is 0 Å². The SMILES string of the molecule is CCOc1ccccc1NC(=O)[C@@H](CC)n1nc(-c2ccccc2)c2c(c1=O)CCCC2. The van der Waals surface area contributed by atoms with Crippen molar-refractivity contribution in [1.29, 1.82) is 0 Å². The van der Waals surface area contributed by atoms with E-state index in [0.29, 0.717) is 24.5 Å². The summed E-state index contributed by atoms with van der Waals surface area (Å²) in [6.45, 7) is 4.29. The molecule has 4 rings (SSSR count). The molecule has 1 amide bonds. The minimum Gasteiger partial charge on any atom is -0.492 e. The fraction of sp³-hybridized carbons (Fsp3) is 0.346. The Morgan fingerprint density at radius 3 is 2.44 bits per heavy atom. The first-order valence-electron chi connectivity index (χ1n) is 11.4. The number of rotatable bonds is 7. The zero-order chi connectivity index (χ0) is 22.5. The number of nitrogens with zero attached hydrogens (tertiary/aromatic N) is 2. The third kappa shape index (κ3) is 4.31. The predicted molar refractivity (Wildman–Crippen MR) is 126 cm³/mol. The van der Waals surface area contributed by atoms with Gasteiger partial charge in [0, 0.05) is 11.1 Å². The van der Waals surface area contributed by atoms with Gasteiger partial charge in [0.05, 0.1) is 18.0 Å².